The third kappa shape index (κ3) is 1.46. The van der Waals surface area contributed by atoms with Crippen molar-refractivity contribution in [3.8, 4) is 0 Å². The van der Waals surface area contributed by atoms with E-state index in [1.807, 2.05) is 12.2 Å². The van der Waals surface area contributed by atoms with Crippen molar-refractivity contribution in [3.05, 3.63) is 47.3 Å². The summed E-state index contributed by atoms with van der Waals surface area (Å²) < 4.78 is 0. The molecule has 2 rings (SSSR count). The first-order valence-electron chi connectivity index (χ1n) is 5.00. The number of fused-ring (bicyclic) bond motifs is 1. The van der Waals surface area contributed by atoms with Gasteiger partial charge in [-0.05, 0) is 19.8 Å². The Bertz CT molecular complexity index is 405. The third-order valence-corrected chi connectivity index (χ3v) is 2.60. The molecule has 0 radical (unpaired) electrons. The molecular weight excluding hydrogens is 170 g/mol. The second-order valence-corrected chi connectivity index (χ2v) is 3.59. The van der Waals surface area contributed by atoms with Crippen molar-refractivity contribution in [1.82, 2.24) is 4.98 Å². The fourth-order valence-electron chi connectivity index (χ4n) is 1.92. The molecule has 0 saturated carbocycles. The van der Waals surface area contributed by atoms with Gasteiger partial charge in [0.05, 0.1) is 0 Å². The van der Waals surface area contributed by atoms with Crippen LogP contribution in [0.25, 0.3) is 12.2 Å². The summed E-state index contributed by atoms with van der Waals surface area (Å²) in [4.78, 5) is 3.44. The Balaban J connectivity index is 2.49. The summed E-state index contributed by atoms with van der Waals surface area (Å²) in [6.45, 7) is 5.81. The van der Waals surface area contributed by atoms with Crippen LogP contribution in [-0.2, 0) is 6.42 Å². The standard InChI is InChI=1S/C13H15N/c1-3-4-7-11-10(2)14-13-9-6-5-8-12(11)13/h3-5,7-8,14H,1,6,9H2,2H3/b7-4-. The normalized spacial score (nSPS) is 14.6. The Morgan fingerprint density at radius 3 is 3.14 bits per heavy atom. The van der Waals surface area contributed by atoms with Crippen LogP contribution in [0, 0.1) is 6.92 Å². The van der Waals surface area contributed by atoms with Crippen LogP contribution in [0.5, 0.6) is 0 Å². The van der Waals surface area contributed by atoms with Gasteiger partial charge in [-0.2, -0.15) is 0 Å². The zero-order valence-electron chi connectivity index (χ0n) is 8.51. The largest absolute Gasteiger partial charge is 0.361 e. The average molecular weight is 185 g/mol. The summed E-state index contributed by atoms with van der Waals surface area (Å²) in [5, 5.41) is 0. The molecule has 1 heterocycles. The van der Waals surface area contributed by atoms with E-state index in [0.29, 0.717) is 0 Å². The molecule has 0 bridgehead atoms. The quantitative estimate of drug-likeness (QED) is 0.679. The van der Waals surface area contributed by atoms with Crippen LogP contribution >= 0.6 is 0 Å². The molecule has 1 N–H and O–H groups in total. The number of H-pyrrole nitrogens is 1. The molecule has 0 amide bonds. The summed E-state index contributed by atoms with van der Waals surface area (Å²) in [6.07, 6.45) is 12.6. The summed E-state index contributed by atoms with van der Waals surface area (Å²) in [7, 11) is 0. The van der Waals surface area contributed by atoms with Crippen molar-refractivity contribution in [2.45, 2.75) is 19.8 Å². The summed E-state index contributed by atoms with van der Waals surface area (Å²) in [5.74, 6) is 0. The molecule has 1 aromatic heterocycles. The molecule has 0 spiro atoms. The molecule has 1 heteroatoms. The van der Waals surface area contributed by atoms with Gasteiger partial charge in [-0.1, -0.05) is 37.0 Å². The van der Waals surface area contributed by atoms with Crippen molar-refractivity contribution in [3.63, 3.8) is 0 Å². The van der Waals surface area contributed by atoms with E-state index in [1.54, 1.807) is 0 Å². The summed E-state index contributed by atoms with van der Waals surface area (Å²) in [6, 6.07) is 0. The minimum atomic E-state index is 1.13. The highest BCUT2D eigenvalue weighted by Crippen LogP contribution is 2.26. The lowest BCUT2D eigenvalue weighted by Crippen LogP contribution is -1.91. The molecule has 1 aliphatic rings. The van der Waals surface area contributed by atoms with Crippen molar-refractivity contribution in [2.75, 3.05) is 0 Å². The van der Waals surface area contributed by atoms with Gasteiger partial charge in [-0.25, -0.2) is 0 Å². The fourth-order valence-corrected chi connectivity index (χ4v) is 1.92. The lowest BCUT2D eigenvalue weighted by atomic mass is 10.0. The van der Waals surface area contributed by atoms with Gasteiger partial charge in [0.2, 0.25) is 0 Å². The van der Waals surface area contributed by atoms with E-state index in [9.17, 15) is 0 Å². The number of aromatic nitrogens is 1. The van der Waals surface area contributed by atoms with Gasteiger partial charge in [0, 0.05) is 22.5 Å². The van der Waals surface area contributed by atoms with Crippen LogP contribution in [0.1, 0.15) is 28.9 Å². The number of hydrogen-bond donors (Lipinski definition) is 1. The fraction of sp³-hybridized carbons (Fsp3) is 0.231. The maximum atomic E-state index is 3.69. The van der Waals surface area contributed by atoms with E-state index in [0.717, 1.165) is 12.8 Å². The summed E-state index contributed by atoms with van der Waals surface area (Å²) in [5.41, 5.74) is 5.27. The van der Waals surface area contributed by atoms with E-state index >= 15 is 0 Å². The summed E-state index contributed by atoms with van der Waals surface area (Å²) >= 11 is 0. The first kappa shape index (κ1) is 9.07. The molecule has 1 aliphatic carbocycles. The first-order valence-corrected chi connectivity index (χ1v) is 5.00. The number of aromatic amines is 1. The van der Waals surface area contributed by atoms with Gasteiger partial charge in [0.25, 0.3) is 0 Å². The molecule has 14 heavy (non-hydrogen) atoms. The predicted molar refractivity (Wildman–Crippen MR) is 62.1 cm³/mol. The zero-order valence-corrected chi connectivity index (χ0v) is 8.51. The maximum Gasteiger partial charge on any atom is 0.0231 e. The monoisotopic (exact) mass is 185 g/mol. The number of aryl methyl sites for hydroxylation is 2. The molecule has 1 nitrogen and oxygen atoms in total. The van der Waals surface area contributed by atoms with Crippen molar-refractivity contribution in [2.24, 2.45) is 0 Å². The van der Waals surface area contributed by atoms with Gasteiger partial charge < -0.3 is 4.98 Å². The predicted octanol–water partition coefficient (Wildman–Crippen LogP) is 3.48. The van der Waals surface area contributed by atoms with Crippen LogP contribution in [0.2, 0.25) is 0 Å². The van der Waals surface area contributed by atoms with E-state index in [4.69, 9.17) is 0 Å². The molecule has 0 atom stereocenters. The number of rotatable bonds is 2. The first-order chi connectivity index (χ1) is 6.83. The highest BCUT2D eigenvalue weighted by Gasteiger charge is 2.12. The molecule has 0 unspecified atom stereocenters. The van der Waals surface area contributed by atoms with Crippen LogP contribution in [0.3, 0.4) is 0 Å². The topological polar surface area (TPSA) is 15.8 Å². The van der Waals surface area contributed by atoms with Crippen LogP contribution in [-0.4, -0.2) is 4.98 Å². The highest BCUT2D eigenvalue weighted by atomic mass is 14.7. The Morgan fingerprint density at radius 2 is 2.36 bits per heavy atom. The molecule has 0 saturated heterocycles. The molecule has 0 aliphatic heterocycles. The Labute approximate surface area is 84.9 Å². The molecule has 1 aromatic rings. The Hall–Kier alpha value is -1.50. The number of allylic oxidation sites excluding steroid dienone is 3. The van der Waals surface area contributed by atoms with E-state index in [1.165, 1.54) is 22.5 Å². The van der Waals surface area contributed by atoms with Gasteiger partial charge >= 0.3 is 0 Å². The smallest absolute Gasteiger partial charge is 0.0231 e. The van der Waals surface area contributed by atoms with Crippen molar-refractivity contribution >= 4 is 12.2 Å². The second-order valence-electron chi connectivity index (χ2n) is 3.59. The van der Waals surface area contributed by atoms with Crippen LogP contribution in [0.15, 0.2) is 24.8 Å². The lowest BCUT2D eigenvalue weighted by molar-refractivity contribution is 0.938. The molecule has 72 valence electrons. The zero-order chi connectivity index (χ0) is 9.97. The SMILES string of the molecule is C=C/C=C\c1c(C)[nH]c2c1C=CCC2. The molecule has 0 aromatic carbocycles. The minimum Gasteiger partial charge on any atom is -0.361 e. The Morgan fingerprint density at radius 1 is 1.50 bits per heavy atom. The Kier molecular flexibility index (Phi) is 2.40. The highest BCUT2D eigenvalue weighted by molar-refractivity contribution is 5.71. The van der Waals surface area contributed by atoms with Gasteiger partial charge in [0.1, 0.15) is 0 Å². The minimum absolute atomic E-state index is 1.13. The van der Waals surface area contributed by atoms with Crippen molar-refractivity contribution < 1.29 is 0 Å². The van der Waals surface area contributed by atoms with E-state index in [-0.39, 0.29) is 0 Å². The molecular formula is C13H15N. The van der Waals surface area contributed by atoms with Crippen molar-refractivity contribution in [1.29, 1.82) is 0 Å². The van der Waals surface area contributed by atoms with E-state index < -0.39 is 0 Å². The lowest BCUT2D eigenvalue weighted by Gasteiger charge is -2.04. The van der Waals surface area contributed by atoms with Gasteiger partial charge in [-0.15, -0.1) is 0 Å². The van der Waals surface area contributed by atoms with E-state index in [2.05, 4.69) is 36.7 Å². The third-order valence-electron chi connectivity index (χ3n) is 2.60. The van der Waals surface area contributed by atoms with Gasteiger partial charge in [0.15, 0.2) is 0 Å². The van der Waals surface area contributed by atoms with Crippen LogP contribution in [0.4, 0.5) is 0 Å². The second kappa shape index (κ2) is 3.70. The molecule has 0 fully saturated rings. The van der Waals surface area contributed by atoms with Gasteiger partial charge in [-0.3, -0.25) is 0 Å². The van der Waals surface area contributed by atoms with Crippen LogP contribution < -0.4 is 0 Å². The number of nitrogens with one attached hydrogen (secondary N) is 1. The maximum absolute atomic E-state index is 3.69. The average Bonchev–Trinajstić information content (AvgIpc) is 2.51. The number of hydrogen-bond acceptors (Lipinski definition) is 0.